The molecule has 5 nitrogen and oxygen atoms in total. The number of nitrogens with zero attached hydrogens (tertiary/aromatic N) is 1. The van der Waals surface area contributed by atoms with Gasteiger partial charge in [0.15, 0.2) is 23.0 Å². The topological polar surface area (TPSA) is 60.7 Å². The molecule has 3 rings (SSSR count). The summed E-state index contributed by atoms with van der Waals surface area (Å²) in [5.74, 6) is 2.36. The molecule has 0 unspecified atom stereocenters. The molecule has 1 aromatic carbocycles. The van der Waals surface area contributed by atoms with E-state index in [1.807, 2.05) is 31.2 Å². The van der Waals surface area contributed by atoms with Crippen LogP contribution in [0.5, 0.6) is 11.5 Å². The molecule has 138 valence electrons. The van der Waals surface area contributed by atoms with Crippen LogP contribution >= 0.6 is 0 Å². The van der Waals surface area contributed by atoms with Gasteiger partial charge in [-0.1, -0.05) is 24.3 Å². The van der Waals surface area contributed by atoms with Crippen molar-refractivity contribution in [3.05, 3.63) is 77.7 Å². The molecular weight excluding hydrogens is 342 g/mol. The van der Waals surface area contributed by atoms with Crippen LogP contribution in [-0.4, -0.2) is 13.7 Å². The van der Waals surface area contributed by atoms with Crippen molar-refractivity contribution < 1.29 is 18.9 Å². The van der Waals surface area contributed by atoms with Crippen LogP contribution in [0.1, 0.15) is 25.3 Å². The molecule has 0 N–H and O–H groups in total. The van der Waals surface area contributed by atoms with Crippen LogP contribution in [0.4, 0.5) is 0 Å². The molecule has 5 heteroatoms. The third kappa shape index (κ3) is 4.24. The van der Waals surface area contributed by atoms with Gasteiger partial charge in [-0.05, 0) is 43.0 Å². The third-order valence-electron chi connectivity index (χ3n) is 4.15. The lowest BCUT2D eigenvalue weighted by atomic mass is 10.0. The molecular formula is C22H21NO4. The van der Waals surface area contributed by atoms with E-state index in [0.717, 1.165) is 24.0 Å². The van der Waals surface area contributed by atoms with Gasteiger partial charge in [0.05, 0.1) is 19.8 Å². The van der Waals surface area contributed by atoms with Gasteiger partial charge in [0.25, 0.3) is 0 Å². The van der Waals surface area contributed by atoms with E-state index in [1.54, 1.807) is 19.4 Å². The molecule has 0 spiro atoms. The monoisotopic (exact) mass is 363 g/mol. The average molecular weight is 363 g/mol. The van der Waals surface area contributed by atoms with Gasteiger partial charge in [-0.15, -0.1) is 0 Å². The number of nitriles is 1. The Hall–Kier alpha value is -3.39. The van der Waals surface area contributed by atoms with Gasteiger partial charge >= 0.3 is 0 Å². The van der Waals surface area contributed by atoms with E-state index in [4.69, 9.17) is 18.9 Å². The summed E-state index contributed by atoms with van der Waals surface area (Å²) >= 11 is 0. The fourth-order valence-electron chi connectivity index (χ4n) is 2.87. The van der Waals surface area contributed by atoms with Crippen molar-refractivity contribution in [2.75, 3.05) is 13.7 Å². The van der Waals surface area contributed by atoms with Crippen molar-refractivity contribution >= 4 is 5.57 Å². The molecule has 27 heavy (non-hydrogen) atoms. The second-order valence-electron chi connectivity index (χ2n) is 5.85. The minimum absolute atomic E-state index is 0.470. The summed E-state index contributed by atoms with van der Waals surface area (Å²) in [4.78, 5) is 0. The Morgan fingerprint density at radius 2 is 2.19 bits per heavy atom. The van der Waals surface area contributed by atoms with Crippen LogP contribution in [0.3, 0.4) is 0 Å². The molecule has 1 aliphatic carbocycles. The van der Waals surface area contributed by atoms with Gasteiger partial charge in [-0.3, -0.25) is 0 Å². The highest BCUT2D eigenvalue weighted by Crippen LogP contribution is 2.36. The lowest BCUT2D eigenvalue weighted by molar-refractivity contribution is 0.243. The highest BCUT2D eigenvalue weighted by molar-refractivity contribution is 5.80. The fourth-order valence-corrected chi connectivity index (χ4v) is 2.87. The van der Waals surface area contributed by atoms with Gasteiger partial charge in [0.2, 0.25) is 0 Å². The Morgan fingerprint density at radius 1 is 1.30 bits per heavy atom. The van der Waals surface area contributed by atoms with Crippen molar-refractivity contribution in [1.82, 2.24) is 0 Å². The van der Waals surface area contributed by atoms with E-state index in [-0.39, 0.29) is 0 Å². The fraction of sp³-hybridized carbons (Fsp3) is 0.227. The maximum atomic E-state index is 9.28. The Kier molecular flexibility index (Phi) is 6.01. The minimum Gasteiger partial charge on any atom is -0.493 e. The van der Waals surface area contributed by atoms with Gasteiger partial charge in [0.1, 0.15) is 12.5 Å². The van der Waals surface area contributed by atoms with Crippen LogP contribution in [0.15, 0.2) is 72.1 Å². The van der Waals surface area contributed by atoms with Crippen LogP contribution < -0.4 is 9.47 Å². The molecule has 1 aromatic rings. The highest BCUT2D eigenvalue weighted by Gasteiger charge is 2.20. The van der Waals surface area contributed by atoms with E-state index >= 15 is 0 Å². The number of benzene rings is 1. The van der Waals surface area contributed by atoms with Gasteiger partial charge < -0.3 is 18.9 Å². The van der Waals surface area contributed by atoms with E-state index < -0.39 is 0 Å². The summed E-state index contributed by atoms with van der Waals surface area (Å²) in [6, 6.07) is 7.57. The van der Waals surface area contributed by atoms with Crippen molar-refractivity contribution in [3.63, 3.8) is 0 Å². The number of methoxy groups -OCH3 is 1. The zero-order valence-corrected chi connectivity index (χ0v) is 15.4. The molecule has 0 bridgehead atoms. The van der Waals surface area contributed by atoms with Gasteiger partial charge in [-0.2, -0.15) is 5.26 Å². The molecule has 0 amide bonds. The Morgan fingerprint density at radius 3 is 2.89 bits per heavy atom. The first kappa shape index (κ1) is 18.4. The Labute approximate surface area is 159 Å². The normalized spacial score (nSPS) is 16.2. The lowest BCUT2D eigenvalue weighted by Crippen LogP contribution is -2.06. The van der Waals surface area contributed by atoms with E-state index in [9.17, 15) is 5.26 Å². The summed E-state index contributed by atoms with van der Waals surface area (Å²) in [5, 5.41) is 9.28. The summed E-state index contributed by atoms with van der Waals surface area (Å²) < 4.78 is 22.5. The predicted molar refractivity (Wildman–Crippen MR) is 103 cm³/mol. The van der Waals surface area contributed by atoms with E-state index in [2.05, 4.69) is 12.1 Å². The summed E-state index contributed by atoms with van der Waals surface area (Å²) in [6.07, 6.45) is 12.5. The molecule has 1 aliphatic heterocycles. The summed E-state index contributed by atoms with van der Waals surface area (Å²) in [7, 11) is 1.59. The van der Waals surface area contributed by atoms with E-state index in [0.29, 0.717) is 35.2 Å². The second-order valence-corrected chi connectivity index (χ2v) is 5.85. The minimum atomic E-state index is 0.470. The predicted octanol–water partition coefficient (Wildman–Crippen LogP) is 5.01. The van der Waals surface area contributed by atoms with Crippen molar-refractivity contribution in [2.45, 2.75) is 19.8 Å². The third-order valence-corrected chi connectivity index (χ3v) is 4.15. The maximum Gasteiger partial charge on any atom is 0.171 e. The number of ether oxygens (including phenoxy) is 4. The van der Waals surface area contributed by atoms with Crippen molar-refractivity contribution in [1.29, 1.82) is 5.26 Å². The van der Waals surface area contributed by atoms with Crippen LogP contribution in [0.2, 0.25) is 0 Å². The largest absolute Gasteiger partial charge is 0.493 e. The zero-order valence-electron chi connectivity index (χ0n) is 15.4. The molecule has 0 atom stereocenters. The SMILES string of the molecule is CCOc1cc(C(=CC#N)C2=COC=C(C3=CC=CCC3)O2)ccc1OC. The smallest absolute Gasteiger partial charge is 0.171 e. The van der Waals surface area contributed by atoms with Gasteiger partial charge in [0, 0.05) is 11.6 Å². The summed E-state index contributed by atoms with van der Waals surface area (Å²) in [5.41, 5.74) is 2.44. The first-order chi connectivity index (χ1) is 13.3. The molecule has 1 heterocycles. The second kappa shape index (κ2) is 8.81. The Balaban J connectivity index is 1.91. The average Bonchev–Trinajstić information content (AvgIpc) is 2.73. The van der Waals surface area contributed by atoms with Crippen LogP contribution in [0, 0.1) is 11.3 Å². The molecule has 0 saturated carbocycles. The quantitative estimate of drug-likeness (QED) is 0.665. The molecule has 0 saturated heterocycles. The molecule has 0 fully saturated rings. The van der Waals surface area contributed by atoms with Gasteiger partial charge in [-0.25, -0.2) is 0 Å². The first-order valence-electron chi connectivity index (χ1n) is 8.78. The van der Waals surface area contributed by atoms with Crippen molar-refractivity contribution in [3.8, 4) is 17.6 Å². The number of hydrogen-bond donors (Lipinski definition) is 0. The van der Waals surface area contributed by atoms with E-state index in [1.165, 1.54) is 12.3 Å². The first-order valence-corrected chi connectivity index (χ1v) is 8.78. The highest BCUT2D eigenvalue weighted by atomic mass is 16.5. The van der Waals surface area contributed by atoms with Crippen LogP contribution in [0.25, 0.3) is 5.57 Å². The molecule has 0 aromatic heterocycles. The molecule has 2 aliphatic rings. The lowest BCUT2D eigenvalue weighted by Gasteiger charge is -2.21. The standard InChI is InChI=1S/C22H21NO4/c1-3-26-20-13-17(9-10-19(20)24-2)18(11-12-23)22-15-25-14-21(27-22)16-7-5-4-6-8-16/h4-5,7,9-11,13-15H,3,6,8H2,1-2H3. The maximum absolute atomic E-state index is 9.28. The number of rotatable bonds is 6. The number of hydrogen-bond acceptors (Lipinski definition) is 5. The zero-order chi connectivity index (χ0) is 19.1. The number of allylic oxidation sites excluding steroid dienone is 6. The van der Waals surface area contributed by atoms with Crippen LogP contribution in [-0.2, 0) is 9.47 Å². The molecule has 0 radical (unpaired) electrons. The summed E-state index contributed by atoms with van der Waals surface area (Å²) in [6.45, 7) is 2.41. The van der Waals surface area contributed by atoms with Crippen molar-refractivity contribution in [2.24, 2.45) is 0 Å². The Bertz CT molecular complexity index is 897.